The van der Waals surface area contributed by atoms with Crippen LogP contribution in [0.4, 0.5) is 11.4 Å². The molecule has 0 saturated carbocycles. The van der Waals surface area contributed by atoms with Crippen molar-refractivity contribution < 1.29 is 4.79 Å². The van der Waals surface area contributed by atoms with E-state index >= 15 is 0 Å². The van der Waals surface area contributed by atoms with Crippen LogP contribution >= 0.6 is 11.6 Å². The van der Waals surface area contributed by atoms with Gasteiger partial charge in [-0.25, -0.2) is 0 Å². The number of amides is 1. The van der Waals surface area contributed by atoms with Crippen LogP contribution in [0.2, 0.25) is 5.02 Å². The molecular formula is C24H24ClN3O. The number of allylic oxidation sites excluding steroid dienone is 1. The summed E-state index contributed by atoms with van der Waals surface area (Å²) in [6.45, 7) is 9.52. The van der Waals surface area contributed by atoms with Gasteiger partial charge in [0.15, 0.2) is 0 Å². The molecular weight excluding hydrogens is 382 g/mol. The Bertz CT molecular complexity index is 1060. The molecule has 2 aromatic carbocycles. The first kappa shape index (κ1) is 20.7. The summed E-state index contributed by atoms with van der Waals surface area (Å²) in [7, 11) is 0. The number of benzene rings is 2. The van der Waals surface area contributed by atoms with Gasteiger partial charge < -0.3 is 10.2 Å². The average molecular weight is 406 g/mol. The molecule has 0 unspecified atom stereocenters. The molecule has 0 aliphatic carbocycles. The van der Waals surface area contributed by atoms with Crippen LogP contribution in [-0.2, 0) is 4.79 Å². The number of rotatable bonds is 4. The normalized spacial score (nSPS) is 15.2. The topological polar surface area (TPSA) is 56.1 Å². The zero-order valence-electron chi connectivity index (χ0n) is 17.1. The van der Waals surface area contributed by atoms with Gasteiger partial charge in [0, 0.05) is 17.8 Å². The maximum absolute atomic E-state index is 12.6. The van der Waals surface area contributed by atoms with Crippen LogP contribution in [0, 0.1) is 11.3 Å². The van der Waals surface area contributed by atoms with Gasteiger partial charge in [-0.05, 0) is 69.2 Å². The fourth-order valence-corrected chi connectivity index (χ4v) is 4.02. The number of nitriles is 1. The maximum atomic E-state index is 12.6. The van der Waals surface area contributed by atoms with E-state index in [-0.39, 0.29) is 11.1 Å². The van der Waals surface area contributed by atoms with Gasteiger partial charge in [0.1, 0.15) is 11.6 Å². The van der Waals surface area contributed by atoms with E-state index in [9.17, 15) is 10.1 Å². The summed E-state index contributed by atoms with van der Waals surface area (Å²) in [5.41, 5.74) is 4.70. The molecule has 29 heavy (non-hydrogen) atoms. The molecule has 1 heterocycles. The van der Waals surface area contributed by atoms with E-state index in [1.165, 1.54) is 5.57 Å². The van der Waals surface area contributed by atoms with Crippen molar-refractivity contribution in [2.75, 3.05) is 16.8 Å². The number of anilines is 2. The third-order valence-corrected chi connectivity index (χ3v) is 5.45. The molecule has 2 aromatic rings. The summed E-state index contributed by atoms with van der Waals surface area (Å²) in [6, 6.07) is 15.0. The third-order valence-electron chi connectivity index (χ3n) is 5.12. The largest absolute Gasteiger partial charge is 0.363 e. The molecule has 5 heteroatoms. The van der Waals surface area contributed by atoms with E-state index in [0.29, 0.717) is 10.7 Å². The number of likely N-dealkylation sites (N-methyl/N-ethyl adjacent to an activating group) is 1. The lowest BCUT2D eigenvalue weighted by Gasteiger charge is -2.42. The highest BCUT2D eigenvalue weighted by Gasteiger charge is 2.30. The lowest BCUT2D eigenvalue weighted by molar-refractivity contribution is -0.112. The number of carbonyl (C=O) groups excluding carboxylic acids is 1. The van der Waals surface area contributed by atoms with Crippen LogP contribution in [-0.4, -0.2) is 18.0 Å². The van der Waals surface area contributed by atoms with E-state index in [1.54, 1.807) is 30.3 Å². The van der Waals surface area contributed by atoms with Crippen molar-refractivity contribution in [2.45, 2.75) is 33.2 Å². The first-order valence-corrected chi connectivity index (χ1v) is 9.94. The molecule has 4 nitrogen and oxygen atoms in total. The predicted octanol–water partition coefficient (Wildman–Crippen LogP) is 5.91. The fraction of sp³-hybridized carbons (Fsp3) is 0.250. The summed E-state index contributed by atoms with van der Waals surface area (Å²) in [5.74, 6) is -0.484. The molecule has 1 aliphatic heterocycles. The maximum Gasteiger partial charge on any atom is 0.266 e. The average Bonchev–Trinajstić information content (AvgIpc) is 2.67. The quantitative estimate of drug-likeness (QED) is 0.508. The monoisotopic (exact) mass is 405 g/mol. The summed E-state index contributed by atoms with van der Waals surface area (Å²) in [4.78, 5) is 14.9. The van der Waals surface area contributed by atoms with Crippen molar-refractivity contribution in [1.29, 1.82) is 5.26 Å². The number of hydrogen-bond donors (Lipinski definition) is 1. The molecule has 1 N–H and O–H groups in total. The van der Waals surface area contributed by atoms with E-state index in [1.807, 2.05) is 18.2 Å². The highest BCUT2D eigenvalue weighted by molar-refractivity contribution is 6.34. The minimum absolute atomic E-state index is 0.0231. The van der Waals surface area contributed by atoms with E-state index < -0.39 is 5.91 Å². The molecule has 0 radical (unpaired) electrons. The van der Waals surface area contributed by atoms with Crippen molar-refractivity contribution >= 4 is 40.5 Å². The Labute approximate surface area is 177 Å². The summed E-state index contributed by atoms with van der Waals surface area (Å²) < 4.78 is 0. The minimum atomic E-state index is -0.484. The van der Waals surface area contributed by atoms with Gasteiger partial charge in [0.05, 0.1) is 16.2 Å². The number of carbonyl (C=O) groups is 1. The van der Waals surface area contributed by atoms with Gasteiger partial charge in [-0.15, -0.1) is 0 Å². The number of para-hydroxylation sites is 1. The molecule has 0 fully saturated rings. The standard InChI is InChI=1S/C24H24ClN3O/c1-5-28-22-11-10-17(13-19(22)16(2)14-24(28,3)4)12-18(15-26)23(29)27-21-9-7-6-8-20(21)25/h6-14H,5H2,1-4H3,(H,27,29)/b18-12+. The van der Waals surface area contributed by atoms with Gasteiger partial charge in [-0.3, -0.25) is 4.79 Å². The Hall–Kier alpha value is -3.03. The molecule has 0 atom stereocenters. The fourth-order valence-electron chi connectivity index (χ4n) is 3.84. The van der Waals surface area contributed by atoms with Gasteiger partial charge >= 0.3 is 0 Å². The van der Waals surface area contributed by atoms with Crippen molar-refractivity contribution in [2.24, 2.45) is 0 Å². The SMILES string of the molecule is CCN1c2ccc(/C=C(\C#N)C(=O)Nc3ccccc3Cl)cc2C(C)=CC1(C)C. The number of nitrogens with zero attached hydrogens (tertiary/aromatic N) is 2. The third kappa shape index (κ3) is 4.21. The van der Waals surface area contributed by atoms with Crippen LogP contribution in [0.3, 0.4) is 0 Å². The van der Waals surface area contributed by atoms with Crippen LogP contribution in [0.25, 0.3) is 11.6 Å². The molecule has 0 spiro atoms. The van der Waals surface area contributed by atoms with Crippen molar-refractivity contribution in [3.05, 3.63) is 70.3 Å². The number of nitrogens with one attached hydrogen (secondary N) is 1. The summed E-state index contributed by atoms with van der Waals surface area (Å²) in [5, 5.41) is 12.6. The van der Waals surface area contributed by atoms with Crippen LogP contribution < -0.4 is 10.2 Å². The van der Waals surface area contributed by atoms with Gasteiger partial charge in [0.2, 0.25) is 0 Å². The lowest BCUT2D eigenvalue weighted by atomic mass is 9.88. The molecule has 148 valence electrons. The second kappa shape index (κ2) is 8.14. The molecule has 0 bridgehead atoms. The Morgan fingerprint density at radius 3 is 2.66 bits per heavy atom. The predicted molar refractivity (Wildman–Crippen MR) is 121 cm³/mol. The number of fused-ring (bicyclic) bond motifs is 1. The van der Waals surface area contributed by atoms with Gasteiger partial charge in [-0.1, -0.05) is 35.9 Å². The molecule has 1 aliphatic rings. The van der Waals surface area contributed by atoms with Gasteiger partial charge in [0.25, 0.3) is 5.91 Å². The Balaban J connectivity index is 1.94. The zero-order chi connectivity index (χ0) is 21.2. The number of hydrogen-bond acceptors (Lipinski definition) is 3. The Morgan fingerprint density at radius 1 is 1.28 bits per heavy atom. The second-order valence-corrected chi connectivity index (χ2v) is 8.01. The van der Waals surface area contributed by atoms with E-state index in [0.717, 1.165) is 23.4 Å². The van der Waals surface area contributed by atoms with Crippen LogP contribution in [0.5, 0.6) is 0 Å². The molecule has 0 saturated heterocycles. The smallest absolute Gasteiger partial charge is 0.266 e. The van der Waals surface area contributed by atoms with Crippen molar-refractivity contribution in [3.8, 4) is 6.07 Å². The summed E-state index contributed by atoms with van der Waals surface area (Å²) >= 11 is 6.09. The zero-order valence-corrected chi connectivity index (χ0v) is 17.8. The highest BCUT2D eigenvalue weighted by Crippen LogP contribution is 2.39. The Kier molecular flexibility index (Phi) is 5.81. The second-order valence-electron chi connectivity index (χ2n) is 7.61. The summed E-state index contributed by atoms with van der Waals surface area (Å²) in [6.07, 6.45) is 3.86. The first-order chi connectivity index (χ1) is 13.8. The van der Waals surface area contributed by atoms with Crippen LogP contribution in [0.1, 0.15) is 38.8 Å². The molecule has 3 rings (SSSR count). The highest BCUT2D eigenvalue weighted by atomic mass is 35.5. The minimum Gasteiger partial charge on any atom is -0.363 e. The lowest BCUT2D eigenvalue weighted by Crippen LogP contribution is -2.44. The van der Waals surface area contributed by atoms with Crippen molar-refractivity contribution in [1.82, 2.24) is 0 Å². The van der Waals surface area contributed by atoms with Gasteiger partial charge in [-0.2, -0.15) is 5.26 Å². The van der Waals surface area contributed by atoms with Crippen molar-refractivity contribution in [3.63, 3.8) is 0 Å². The molecule has 1 amide bonds. The van der Waals surface area contributed by atoms with Crippen LogP contribution in [0.15, 0.2) is 54.1 Å². The first-order valence-electron chi connectivity index (χ1n) is 9.56. The molecule has 0 aromatic heterocycles. The van der Waals surface area contributed by atoms with E-state index in [2.05, 4.69) is 50.1 Å². The Morgan fingerprint density at radius 2 is 2.00 bits per heavy atom. The van der Waals surface area contributed by atoms with E-state index in [4.69, 9.17) is 11.6 Å². The number of halogens is 1.